The van der Waals surface area contributed by atoms with Crippen molar-refractivity contribution in [3.63, 3.8) is 0 Å². The standard InChI is InChI=1S/C43H28N2OS/c1-4-10-29(11-5-1)31-16-20-34(21-17-31)45(35-22-18-32(19-23-35)30-12-6-2-7-13-30)36-24-25-37-38-27-42-39(28-41(38)46-40(37)26-36)44-43(47-42)33-14-8-3-9-15-33/h1-28H. The lowest BCUT2D eigenvalue weighted by Gasteiger charge is -2.26. The van der Waals surface area contributed by atoms with Gasteiger partial charge in [-0.3, -0.25) is 0 Å². The first-order valence-electron chi connectivity index (χ1n) is 15.7. The van der Waals surface area contributed by atoms with Gasteiger partial charge in [-0.25, -0.2) is 4.98 Å². The monoisotopic (exact) mass is 620 g/mol. The number of hydrogen-bond donors (Lipinski definition) is 0. The minimum Gasteiger partial charge on any atom is -0.456 e. The SMILES string of the molecule is c1ccc(-c2ccc(N(c3ccc(-c4ccccc4)cc3)c3ccc4c(c3)oc3cc5nc(-c6ccccc6)sc5cc34)cc2)cc1. The Hall–Kier alpha value is -5.97. The molecule has 4 heteroatoms. The van der Waals surface area contributed by atoms with E-state index in [9.17, 15) is 0 Å². The summed E-state index contributed by atoms with van der Waals surface area (Å²) in [5, 5.41) is 3.22. The van der Waals surface area contributed by atoms with Gasteiger partial charge in [-0.15, -0.1) is 11.3 Å². The molecule has 9 rings (SSSR count). The summed E-state index contributed by atoms with van der Waals surface area (Å²) in [7, 11) is 0. The van der Waals surface area contributed by atoms with Crippen molar-refractivity contribution in [3.8, 4) is 32.8 Å². The third-order valence-electron chi connectivity index (χ3n) is 8.71. The zero-order valence-corrected chi connectivity index (χ0v) is 26.2. The van der Waals surface area contributed by atoms with Crippen LogP contribution < -0.4 is 4.90 Å². The molecule has 0 radical (unpaired) electrons. The van der Waals surface area contributed by atoms with Crippen molar-refractivity contribution in [2.75, 3.05) is 4.90 Å². The Balaban J connectivity index is 1.14. The highest BCUT2D eigenvalue weighted by Crippen LogP contribution is 2.41. The molecule has 0 atom stereocenters. The van der Waals surface area contributed by atoms with Crippen LogP contribution in [0.5, 0.6) is 0 Å². The molecule has 0 amide bonds. The normalized spacial score (nSPS) is 11.4. The molecular formula is C43H28N2OS. The molecule has 2 aromatic heterocycles. The van der Waals surface area contributed by atoms with Crippen LogP contribution in [0.4, 0.5) is 17.1 Å². The van der Waals surface area contributed by atoms with Crippen LogP contribution in [0, 0.1) is 0 Å². The van der Waals surface area contributed by atoms with E-state index in [4.69, 9.17) is 9.40 Å². The lowest BCUT2D eigenvalue weighted by molar-refractivity contribution is 0.669. The topological polar surface area (TPSA) is 29.3 Å². The van der Waals surface area contributed by atoms with Gasteiger partial charge in [0.2, 0.25) is 0 Å². The Morgan fingerprint density at radius 3 is 1.49 bits per heavy atom. The van der Waals surface area contributed by atoms with Crippen LogP contribution >= 0.6 is 11.3 Å². The molecule has 0 unspecified atom stereocenters. The first-order valence-corrected chi connectivity index (χ1v) is 16.5. The second-order valence-corrected chi connectivity index (χ2v) is 12.7. The third kappa shape index (κ3) is 5.05. The van der Waals surface area contributed by atoms with Gasteiger partial charge >= 0.3 is 0 Å². The highest BCUT2D eigenvalue weighted by Gasteiger charge is 2.17. The lowest BCUT2D eigenvalue weighted by atomic mass is 10.0. The number of benzene rings is 7. The van der Waals surface area contributed by atoms with Gasteiger partial charge in [0.1, 0.15) is 16.2 Å². The van der Waals surface area contributed by atoms with Gasteiger partial charge in [-0.1, -0.05) is 115 Å². The maximum Gasteiger partial charge on any atom is 0.137 e. The number of hydrogen-bond acceptors (Lipinski definition) is 4. The van der Waals surface area contributed by atoms with Crippen LogP contribution in [0.25, 0.3) is 65.0 Å². The average molecular weight is 621 g/mol. The number of furan rings is 1. The fourth-order valence-electron chi connectivity index (χ4n) is 6.34. The van der Waals surface area contributed by atoms with Crippen molar-refractivity contribution in [2.45, 2.75) is 0 Å². The number of thiazole rings is 1. The molecule has 0 aliphatic carbocycles. The molecule has 0 fully saturated rings. The van der Waals surface area contributed by atoms with Crippen LogP contribution in [-0.2, 0) is 0 Å². The number of nitrogens with zero attached hydrogens (tertiary/aromatic N) is 2. The van der Waals surface area contributed by atoms with E-state index in [0.717, 1.165) is 59.8 Å². The molecule has 47 heavy (non-hydrogen) atoms. The molecule has 0 aliphatic heterocycles. The van der Waals surface area contributed by atoms with E-state index in [1.54, 1.807) is 11.3 Å². The summed E-state index contributed by atoms with van der Waals surface area (Å²) in [6.45, 7) is 0. The van der Waals surface area contributed by atoms with E-state index in [-0.39, 0.29) is 0 Å². The molecule has 0 aliphatic rings. The van der Waals surface area contributed by atoms with E-state index in [1.165, 1.54) is 22.3 Å². The Bertz CT molecular complexity index is 2400. The highest BCUT2D eigenvalue weighted by atomic mass is 32.1. The average Bonchev–Trinajstić information content (AvgIpc) is 3.72. The summed E-state index contributed by atoms with van der Waals surface area (Å²) in [6, 6.07) is 59.7. The molecule has 222 valence electrons. The number of rotatable bonds is 6. The number of aromatic nitrogens is 1. The van der Waals surface area contributed by atoms with E-state index in [0.29, 0.717) is 0 Å². The zero-order chi connectivity index (χ0) is 31.2. The van der Waals surface area contributed by atoms with Gasteiger partial charge in [0.25, 0.3) is 0 Å². The van der Waals surface area contributed by atoms with E-state index >= 15 is 0 Å². The zero-order valence-electron chi connectivity index (χ0n) is 25.4. The van der Waals surface area contributed by atoms with E-state index in [2.05, 4.69) is 169 Å². The van der Waals surface area contributed by atoms with Gasteiger partial charge in [0.05, 0.1) is 10.2 Å². The second kappa shape index (κ2) is 11.4. The van der Waals surface area contributed by atoms with Crippen molar-refractivity contribution in [1.82, 2.24) is 4.98 Å². The van der Waals surface area contributed by atoms with Crippen LogP contribution in [0.2, 0.25) is 0 Å². The summed E-state index contributed by atoms with van der Waals surface area (Å²) >= 11 is 1.72. The fourth-order valence-corrected chi connectivity index (χ4v) is 7.34. The Labute approximate surface area is 276 Å². The minimum atomic E-state index is 0.848. The Morgan fingerprint density at radius 1 is 0.426 bits per heavy atom. The molecular weight excluding hydrogens is 593 g/mol. The molecule has 0 N–H and O–H groups in total. The highest BCUT2D eigenvalue weighted by molar-refractivity contribution is 7.21. The largest absolute Gasteiger partial charge is 0.456 e. The maximum atomic E-state index is 6.53. The van der Waals surface area contributed by atoms with Gasteiger partial charge < -0.3 is 9.32 Å². The molecule has 7 aromatic carbocycles. The van der Waals surface area contributed by atoms with Gasteiger partial charge in [-0.2, -0.15) is 0 Å². The quantitative estimate of drug-likeness (QED) is 0.185. The summed E-state index contributed by atoms with van der Waals surface area (Å²) < 4.78 is 7.68. The van der Waals surface area contributed by atoms with Gasteiger partial charge in [0, 0.05) is 45.5 Å². The molecule has 0 saturated heterocycles. The predicted molar refractivity (Wildman–Crippen MR) is 198 cm³/mol. The molecule has 3 nitrogen and oxygen atoms in total. The first-order chi connectivity index (χ1) is 23.3. The predicted octanol–water partition coefficient (Wildman–Crippen LogP) is 12.7. The molecule has 2 heterocycles. The number of fused-ring (bicyclic) bond motifs is 4. The van der Waals surface area contributed by atoms with E-state index in [1.807, 2.05) is 6.07 Å². The smallest absolute Gasteiger partial charge is 0.137 e. The summed E-state index contributed by atoms with van der Waals surface area (Å²) in [4.78, 5) is 7.23. The van der Waals surface area contributed by atoms with Gasteiger partial charge in [-0.05, 0) is 64.7 Å². The van der Waals surface area contributed by atoms with Gasteiger partial charge in [0.15, 0.2) is 0 Å². The fraction of sp³-hybridized carbons (Fsp3) is 0. The van der Waals surface area contributed by atoms with Crippen LogP contribution in [0.3, 0.4) is 0 Å². The molecule has 0 bridgehead atoms. The van der Waals surface area contributed by atoms with Crippen molar-refractivity contribution in [1.29, 1.82) is 0 Å². The van der Waals surface area contributed by atoms with Crippen molar-refractivity contribution < 1.29 is 4.42 Å². The minimum absolute atomic E-state index is 0.848. The summed E-state index contributed by atoms with van der Waals surface area (Å²) in [5.74, 6) is 0. The second-order valence-electron chi connectivity index (χ2n) is 11.6. The molecule has 0 saturated carbocycles. The van der Waals surface area contributed by atoms with Crippen LogP contribution in [0.1, 0.15) is 0 Å². The first kappa shape index (κ1) is 27.3. The Kier molecular flexibility index (Phi) is 6.65. The molecule has 9 aromatic rings. The molecule has 0 spiro atoms. The Morgan fingerprint density at radius 2 is 0.915 bits per heavy atom. The third-order valence-corrected chi connectivity index (χ3v) is 9.78. The van der Waals surface area contributed by atoms with E-state index < -0.39 is 0 Å². The van der Waals surface area contributed by atoms with Crippen LogP contribution in [-0.4, -0.2) is 4.98 Å². The van der Waals surface area contributed by atoms with Crippen molar-refractivity contribution >= 4 is 60.6 Å². The summed E-state index contributed by atoms with van der Waals surface area (Å²) in [5.41, 5.74) is 11.7. The maximum absolute atomic E-state index is 6.53. The van der Waals surface area contributed by atoms with Crippen molar-refractivity contribution in [2.24, 2.45) is 0 Å². The lowest BCUT2D eigenvalue weighted by Crippen LogP contribution is -2.09. The van der Waals surface area contributed by atoms with Crippen molar-refractivity contribution in [3.05, 3.63) is 170 Å². The summed E-state index contributed by atoms with van der Waals surface area (Å²) in [6.07, 6.45) is 0. The number of anilines is 3. The van der Waals surface area contributed by atoms with Crippen LogP contribution in [0.15, 0.2) is 174 Å².